The maximum atomic E-state index is 13.6. The Morgan fingerprint density at radius 1 is 1.40 bits per heavy atom. The van der Waals surface area contributed by atoms with Gasteiger partial charge in [0.05, 0.1) is 6.61 Å². The zero-order chi connectivity index (χ0) is 11.3. The van der Waals surface area contributed by atoms with Crippen LogP contribution in [0.5, 0.6) is 5.75 Å². The van der Waals surface area contributed by atoms with Gasteiger partial charge in [-0.2, -0.15) is 0 Å². The normalized spacial score (nSPS) is 27.7. The molecule has 0 spiro atoms. The SMILES string of the molecule is CC1(C)CC1(CO)c1ccc(O)cc1F. The zero-order valence-electron chi connectivity index (χ0n) is 8.92. The third-order valence-corrected chi connectivity index (χ3v) is 3.65. The fraction of sp³-hybridized carbons (Fsp3) is 0.500. The minimum atomic E-state index is -0.467. The first kappa shape index (κ1) is 10.4. The summed E-state index contributed by atoms with van der Waals surface area (Å²) in [6, 6.07) is 4.13. The largest absolute Gasteiger partial charge is 0.508 e. The third-order valence-electron chi connectivity index (χ3n) is 3.65. The summed E-state index contributed by atoms with van der Waals surface area (Å²) < 4.78 is 13.6. The molecule has 3 heteroatoms. The Balaban J connectivity index is 2.46. The molecule has 1 fully saturated rings. The number of rotatable bonds is 2. The first-order chi connectivity index (χ1) is 6.93. The number of phenols is 1. The summed E-state index contributed by atoms with van der Waals surface area (Å²) in [5.41, 5.74) is -0.0301. The summed E-state index contributed by atoms with van der Waals surface area (Å²) in [5.74, 6) is -0.516. The van der Waals surface area contributed by atoms with Gasteiger partial charge in [0.25, 0.3) is 0 Å². The van der Waals surface area contributed by atoms with Crippen molar-refractivity contribution < 1.29 is 14.6 Å². The van der Waals surface area contributed by atoms with Gasteiger partial charge in [-0.05, 0) is 23.5 Å². The van der Waals surface area contributed by atoms with E-state index in [-0.39, 0.29) is 17.8 Å². The molecule has 2 N–H and O–H groups in total. The van der Waals surface area contributed by atoms with Crippen LogP contribution in [0.3, 0.4) is 0 Å². The van der Waals surface area contributed by atoms with E-state index in [4.69, 9.17) is 5.11 Å². The van der Waals surface area contributed by atoms with Crippen LogP contribution < -0.4 is 0 Å². The van der Waals surface area contributed by atoms with Crippen LogP contribution in [0.1, 0.15) is 25.8 Å². The van der Waals surface area contributed by atoms with E-state index in [2.05, 4.69) is 0 Å². The van der Waals surface area contributed by atoms with Crippen LogP contribution in [0, 0.1) is 11.2 Å². The maximum absolute atomic E-state index is 13.6. The maximum Gasteiger partial charge on any atom is 0.130 e. The molecule has 0 radical (unpaired) electrons. The van der Waals surface area contributed by atoms with Gasteiger partial charge in [0.1, 0.15) is 11.6 Å². The average Bonchev–Trinajstić information content (AvgIpc) is 2.69. The standard InChI is InChI=1S/C12H15FO2/c1-11(2)6-12(11,7-14)9-4-3-8(15)5-10(9)13/h3-5,14-15H,6-7H2,1-2H3. The predicted octanol–water partition coefficient (Wildman–Crippen LogP) is 2.19. The highest BCUT2D eigenvalue weighted by Crippen LogP contribution is 2.64. The van der Waals surface area contributed by atoms with Gasteiger partial charge in [-0.15, -0.1) is 0 Å². The van der Waals surface area contributed by atoms with E-state index in [0.717, 1.165) is 12.5 Å². The monoisotopic (exact) mass is 210 g/mol. The highest BCUT2D eigenvalue weighted by Gasteiger charge is 2.62. The van der Waals surface area contributed by atoms with E-state index in [0.29, 0.717) is 5.56 Å². The number of aliphatic hydroxyl groups excluding tert-OH is 1. The number of benzene rings is 1. The molecule has 1 atom stereocenters. The van der Waals surface area contributed by atoms with Gasteiger partial charge >= 0.3 is 0 Å². The molecular formula is C12H15FO2. The molecule has 0 aliphatic heterocycles. The number of hydrogen-bond donors (Lipinski definition) is 2. The molecule has 82 valence electrons. The molecule has 1 aromatic rings. The smallest absolute Gasteiger partial charge is 0.130 e. The van der Waals surface area contributed by atoms with Crippen molar-refractivity contribution in [3.63, 3.8) is 0 Å². The molecule has 1 unspecified atom stereocenters. The lowest BCUT2D eigenvalue weighted by atomic mass is 9.88. The molecule has 1 saturated carbocycles. The van der Waals surface area contributed by atoms with Crippen LogP contribution >= 0.6 is 0 Å². The summed E-state index contributed by atoms with van der Waals surface area (Å²) in [6.45, 7) is 3.97. The van der Waals surface area contributed by atoms with Crippen molar-refractivity contribution in [1.29, 1.82) is 0 Å². The summed E-state index contributed by atoms with van der Waals surface area (Å²) in [4.78, 5) is 0. The van der Waals surface area contributed by atoms with Gasteiger partial charge in [0.15, 0.2) is 0 Å². The molecule has 2 nitrogen and oxygen atoms in total. The molecule has 15 heavy (non-hydrogen) atoms. The van der Waals surface area contributed by atoms with E-state index >= 15 is 0 Å². The van der Waals surface area contributed by atoms with Gasteiger partial charge in [-0.3, -0.25) is 0 Å². The number of aliphatic hydroxyl groups is 1. The first-order valence-corrected chi connectivity index (χ1v) is 5.03. The van der Waals surface area contributed by atoms with Crippen LogP contribution in [0.4, 0.5) is 4.39 Å². The van der Waals surface area contributed by atoms with Crippen molar-refractivity contribution in [2.45, 2.75) is 25.7 Å². The second-order valence-electron chi connectivity index (χ2n) is 4.97. The van der Waals surface area contributed by atoms with Crippen LogP contribution in [-0.2, 0) is 5.41 Å². The topological polar surface area (TPSA) is 40.5 Å². The van der Waals surface area contributed by atoms with Gasteiger partial charge in [-0.1, -0.05) is 19.9 Å². The lowest BCUT2D eigenvalue weighted by molar-refractivity contribution is 0.228. The number of halogens is 1. The summed E-state index contributed by atoms with van der Waals surface area (Å²) in [5, 5.41) is 18.5. The zero-order valence-corrected chi connectivity index (χ0v) is 8.92. The van der Waals surface area contributed by atoms with Gasteiger partial charge in [0.2, 0.25) is 0 Å². The van der Waals surface area contributed by atoms with Crippen molar-refractivity contribution >= 4 is 0 Å². The Bertz CT molecular complexity index is 401. The quantitative estimate of drug-likeness (QED) is 0.785. The van der Waals surface area contributed by atoms with E-state index in [1.54, 1.807) is 6.07 Å². The molecule has 1 aliphatic rings. The van der Waals surface area contributed by atoms with Gasteiger partial charge in [0, 0.05) is 11.5 Å². The van der Waals surface area contributed by atoms with Crippen molar-refractivity contribution in [3.05, 3.63) is 29.6 Å². The molecule has 1 aliphatic carbocycles. The molecule has 0 heterocycles. The fourth-order valence-corrected chi connectivity index (χ4v) is 2.42. The van der Waals surface area contributed by atoms with Gasteiger partial charge < -0.3 is 10.2 Å². The summed E-state index contributed by atoms with van der Waals surface area (Å²) >= 11 is 0. The summed E-state index contributed by atoms with van der Waals surface area (Å²) in [6.07, 6.45) is 0.776. The second kappa shape index (κ2) is 2.95. The fourth-order valence-electron chi connectivity index (χ4n) is 2.42. The van der Waals surface area contributed by atoms with Crippen LogP contribution in [0.2, 0.25) is 0 Å². The van der Waals surface area contributed by atoms with E-state index < -0.39 is 11.2 Å². The minimum Gasteiger partial charge on any atom is -0.508 e. The Morgan fingerprint density at radius 3 is 2.40 bits per heavy atom. The average molecular weight is 210 g/mol. The summed E-state index contributed by atoms with van der Waals surface area (Å²) in [7, 11) is 0. The molecule has 0 amide bonds. The van der Waals surface area contributed by atoms with Crippen LogP contribution in [0.15, 0.2) is 18.2 Å². The Morgan fingerprint density at radius 2 is 2.00 bits per heavy atom. The molecule has 2 rings (SSSR count). The molecule has 1 aromatic carbocycles. The number of aromatic hydroxyl groups is 1. The lowest BCUT2D eigenvalue weighted by Crippen LogP contribution is -2.20. The van der Waals surface area contributed by atoms with Gasteiger partial charge in [-0.25, -0.2) is 4.39 Å². The van der Waals surface area contributed by atoms with Crippen molar-refractivity contribution in [2.24, 2.45) is 5.41 Å². The molecule has 0 saturated heterocycles. The van der Waals surface area contributed by atoms with Crippen molar-refractivity contribution in [3.8, 4) is 5.75 Å². The van der Waals surface area contributed by atoms with Crippen molar-refractivity contribution in [2.75, 3.05) is 6.61 Å². The number of hydrogen-bond acceptors (Lipinski definition) is 2. The van der Waals surface area contributed by atoms with Crippen LogP contribution in [0.25, 0.3) is 0 Å². The molecule has 0 aromatic heterocycles. The minimum absolute atomic E-state index is 0.0539. The Hall–Kier alpha value is -1.09. The lowest BCUT2D eigenvalue weighted by Gasteiger charge is -2.19. The highest BCUT2D eigenvalue weighted by atomic mass is 19.1. The predicted molar refractivity (Wildman–Crippen MR) is 55.2 cm³/mol. The third kappa shape index (κ3) is 1.34. The van der Waals surface area contributed by atoms with Crippen LogP contribution in [-0.4, -0.2) is 16.8 Å². The van der Waals surface area contributed by atoms with Crippen molar-refractivity contribution in [1.82, 2.24) is 0 Å². The highest BCUT2D eigenvalue weighted by molar-refractivity contribution is 5.41. The number of phenolic OH excluding ortho intramolecular Hbond substituents is 1. The molecule has 0 bridgehead atoms. The first-order valence-electron chi connectivity index (χ1n) is 5.03. The van der Waals surface area contributed by atoms with E-state index in [1.807, 2.05) is 13.8 Å². The van der Waals surface area contributed by atoms with E-state index in [1.165, 1.54) is 6.07 Å². The Labute approximate surface area is 88.4 Å². The Kier molecular flexibility index (Phi) is 2.05. The second-order valence-corrected chi connectivity index (χ2v) is 4.97. The molecular weight excluding hydrogens is 195 g/mol. The van der Waals surface area contributed by atoms with E-state index in [9.17, 15) is 9.50 Å².